The minimum Gasteiger partial charge on any atom is -0.490 e. The quantitative estimate of drug-likeness (QED) is 0.568. The molecule has 32 heavy (non-hydrogen) atoms. The van der Waals surface area contributed by atoms with Gasteiger partial charge in [-0.1, -0.05) is 30.9 Å². The van der Waals surface area contributed by atoms with E-state index in [2.05, 4.69) is 42.8 Å². The van der Waals surface area contributed by atoms with E-state index in [-0.39, 0.29) is 18.4 Å². The molecule has 2 heterocycles. The molecule has 0 amide bonds. The van der Waals surface area contributed by atoms with E-state index < -0.39 is 5.97 Å². The molecule has 166 valence electrons. The molecule has 4 rings (SSSR count). The first kappa shape index (κ1) is 22.4. The summed E-state index contributed by atoms with van der Waals surface area (Å²) in [7, 11) is 0. The lowest BCUT2D eigenvalue weighted by atomic mass is 9.91. The molecule has 1 unspecified atom stereocenters. The van der Waals surface area contributed by atoms with E-state index in [1.54, 1.807) is 11.8 Å². The first-order chi connectivity index (χ1) is 15.4. The molecule has 5 heteroatoms. The van der Waals surface area contributed by atoms with E-state index in [0.717, 1.165) is 58.1 Å². The van der Waals surface area contributed by atoms with E-state index in [1.807, 2.05) is 31.3 Å². The molecule has 1 aliphatic carbocycles. The molecule has 4 nitrogen and oxygen atoms in total. The van der Waals surface area contributed by atoms with Crippen molar-refractivity contribution in [2.45, 2.75) is 56.4 Å². The lowest BCUT2D eigenvalue weighted by molar-refractivity contribution is -0.137. The molecule has 1 N–H and O–H groups in total. The number of aromatic nitrogens is 1. The summed E-state index contributed by atoms with van der Waals surface area (Å²) in [6.45, 7) is 8.55. The zero-order valence-corrected chi connectivity index (χ0v) is 19.5. The number of fused-ring (bicyclic) bond motifs is 1. The van der Waals surface area contributed by atoms with Gasteiger partial charge in [-0.15, -0.1) is 11.8 Å². The van der Waals surface area contributed by atoms with Crippen molar-refractivity contribution in [3.8, 4) is 5.75 Å². The summed E-state index contributed by atoms with van der Waals surface area (Å²) >= 11 is 1.72. The van der Waals surface area contributed by atoms with Crippen LogP contribution in [-0.2, 0) is 4.79 Å². The maximum absolute atomic E-state index is 11.1. The van der Waals surface area contributed by atoms with Crippen LogP contribution in [0.4, 0.5) is 0 Å². The van der Waals surface area contributed by atoms with Crippen LogP contribution in [0.1, 0.15) is 54.0 Å². The average Bonchev–Trinajstić information content (AvgIpc) is 3.16. The van der Waals surface area contributed by atoms with Crippen molar-refractivity contribution in [3.63, 3.8) is 0 Å². The van der Waals surface area contributed by atoms with Crippen molar-refractivity contribution in [2.24, 2.45) is 0 Å². The Morgan fingerprint density at radius 1 is 1.31 bits per heavy atom. The van der Waals surface area contributed by atoms with Crippen LogP contribution < -0.4 is 4.74 Å². The topological polar surface area (TPSA) is 59.4 Å². The number of carbonyl (C=O) groups is 1. The number of carboxylic acid groups (broad SMARTS) is 1. The number of hydrogen-bond acceptors (Lipinski definition) is 4. The van der Waals surface area contributed by atoms with E-state index in [1.165, 1.54) is 11.1 Å². The Morgan fingerprint density at radius 3 is 2.94 bits per heavy atom. The summed E-state index contributed by atoms with van der Waals surface area (Å²) in [5.74, 6) is 1.01. The monoisotopic (exact) mass is 447 g/mol. The number of carboxylic acids is 1. The van der Waals surface area contributed by atoms with Crippen LogP contribution in [0.5, 0.6) is 5.75 Å². The third-order valence-corrected chi connectivity index (χ3v) is 7.39. The lowest BCUT2D eigenvalue weighted by Gasteiger charge is -2.20. The zero-order chi connectivity index (χ0) is 22.7. The van der Waals surface area contributed by atoms with Crippen LogP contribution in [0, 0.1) is 13.8 Å². The van der Waals surface area contributed by atoms with E-state index in [0.29, 0.717) is 0 Å². The maximum atomic E-state index is 11.1. The van der Waals surface area contributed by atoms with Crippen LogP contribution in [0.25, 0.3) is 5.57 Å². The number of benzene rings is 1. The van der Waals surface area contributed by atoms with Crippen LogP contribution in [0.3, 0.4) is 0 Å². The first-order valence-corrected chi connectivity index (χ1v) is 12.0. The van der Waals surface area contributed by atoms with Gasteiger partial charge < -0.3 is 9.84 Å². The van der Waals surface area contributed by atoms with Crippen LogP contribution in [-0.4, -0.2) is 27.9 Å². The Morgan fingerprint density at radius 2 is 2.16 bits per heavy atom. The number of hydrogen-bond donors (Lipinski definition) is 1. The first-order valence-electron chi connectivity index (χ1n) is 11.0. The Hall–Kier alpha value is -2.79. The molecule has 1 aromatic heterocycles. The Labute approximate surface area is 194 Å². The molecular formula is C27H29NO3S. The van der Waals surface area contributed by atoms with E-state index >= 15 is 0 Å². The predicted molar refractivity (Wildman–Crippen MR) is 130 cm³/mol. The molecule has 0 saturated carbocycles. The van der Waals surface area contributed by atoms with Gasteiger partial charge in [-0.2, -0.15) is 0 Å². The molecule has 0 fully saturated rings. The zero-order valence-electron chi connectivity index (χ0n) is 18.6. The summed E-state index contributed by atoms with van der Waals surface area (Å²) < 4.78 is 6.37. The van der Waals surface area contributed by atoms with Crippen molar-refractivity contribution in [3.05, 3.63) is 83.2 Å². The number of aliphatic carboxylic acids is 1. The van der Waals surface area contributed by atoms with Crippen molar-refractivity contribution >= 4 is 23.3 Å². The fourth-order valence-corrected chi connectivity index (χ4v) is 5.75. The SMILES string of the molecule is C=C1CCC(Oc2ccc3c(c2)SC[C@H]3CC(=O)O)C/C=C\C=C/1c1c(C)ccnc1C. The van der Waals surface area contributed by atoms with Gasteiger partial charge in [0.1, 0.15) is 11.9 Å². The van der Waals surface area contributed by atoms with Gasteiger partial charge in [-0.25, -0.2) is 0 Å². The summed E-state index contributed by atoms with van der Waals surface area (Å²) in [6.07, 6.45) is 11.1. The second-order valence-corrected chi connectivity index (χ2v) is 9.58. The highest BCUT2D eigenvalue weighted by atomic mass is 32.2. The fraction of sp³-hybridized carbons (Fsp3) is 0.333. The molecule has 2 aromatic rings. The standard InChI is InChI=1S/C27H29NO3S/c1-17-8-9-21(6-4-5-7-23(17)27-18(2)12-13-28-19(27)3)31-22-10-11-24-20(14-26(29)30)16-32-25(24)15-22/h4-5,7,10-13,15,20-21H,1,6,8-9,14,16H2,2-3H3,(H,29,30)/b5-4-,23-7+/t20-,21?/m1/s1. The summed E-state index contributed by atoms with van der Waals surface area (Å²) in [5, 5.41) is 9.13. The van der Waals surface area contributed by atoms with Gasteiger partial charge in [0.15, 0.2) is 0 Å². The number of ether oxygens (including phenoxy) is 1. The van der Waals surface area contributed by atoms with Gasteiger partial charge in [-0.3, -0.25) is 9.78 Å². The van der Waals surface area contributed by atoms with Crippen LogP contribution >= 0.6 is 11.8 Å². The predicted octanol–water partition coefficient (Wildman–Crippen LogP) is 6.49. The molecule has 0 saturated heterocycles. The van der Waals surface area contributed by atoms with Crippen molar-refractivity contribution in [1.29, 1.82) is 0 Å². The normalized spacial score (nSPS) is 23.3. The molecule has 2 aliphatic rings. The van der Waals surface area contributed by atoms with Gasteiger partial charge in [0.25, 0.3) is 0 Å². The van der Waals surface area contributed by atoms with Gasteiger partial charge >= 0.3 is 5.97 Å². The van der Waals surface area contributed by atoms with Crippen LogP contribution in [0.2, 0.25) is 0 Å². The largest absolute Gasteiger partial charge is 0.490 e. The smallest absolute Gasteiger partial charge is 0.303 e. The average molecular weight is 448 g/mol. The van der Waals surface area contributed by atoms with Crippen molar-refractivity contribution in [1.82, 2.24) is 4.98 Å². The summed E-state index contributed by atoms with van der Waals surface area (Å²) in [5.41, 5.74) is 6.79. The van der Waals surface area contributed by atoms with Crippen LogP contribution in [0.15, 0.2) is 65.7 Å². The van der Waals surface area contributed by atoms with Gasteiger partial charge in [-0.05, 0) is 67.2 Å². The molecule has 1 aliphatic heterocycles. The summed E-state index contributed by atoms with van der Waals surface area (Å²) in [6, 6.07) is 8.14. The Kier molecular flexibility index (Phi) is 6.85. The fourth-order valence-electron chi connectivity index (χ4n) is 4.47. The van der Waals surface area contributed by atoms with Crippen molar-refractivity contribution in [2.75, 3.05) is 5.75 Å². The highest BCUT2D eigenvalue weighted by Crippen LogP contribution is 2.43. The second-order valence-electron chi connectivity index (χ2n) is 8.52. The Bertz CT molecular complexity index is 1080. The number of allylic oxidation sites excluding steroid dienone is 4. The number of rotatable bonds is 5. The number of nitrogens with zero attached hydrogens (tertiary/aromatic N) is 1. The molecular weight excluding hydrogens is 418 g/mol. The third kappa shape index (κ3) is 4.99. The third-order valence-electron chi connectivity index (χ3n) is 6.15. The number of pyridine rings is 1. The maximum Gasteiger partial charge on any atom is 0.303 e. The van der Waals surface area contributed by atoms with Gasteiger partial charge in [0.05, 0.1) is 6.42 Å². The van der Waals surface area contributed by atoms with E-state index in [9.17, 15) is 4.79 Å². The molecule has 0 bridgehead atoms. The highest BCUT2D eigenvalue weighted by molar-refractivity contribution is 7.99. The van der Waals surface area contributed by atoms with E-state index in [4.69, 9.17) is 9.84 Å². The highest BCUT2D eigenvalue weighted by Gasteiger charge is 2.26. The number of thioether (sulfide) groups is 1. The minimum atomic E-state index is -0.744. The molecule has 0 spiro atoms. The minimum absolute atomic E-state index is 0.0612. The number of aryl methyl sites for hydroxylation is 2. The lowest BCUT2D eigenvalue weighted by Crippen LogP contribution is -2.16. The van der Waals surface area contributed by atoms with Crippen molar-refractivity contribution < 1.29 is 14.6 Å². The molecule has 1 aromatic carbocycles. The van der Waals surface area contributed by atoms with Gasteiger partial charge in [0, 0.05) is 40.4 Å². The second kappa shape index (κ2) is 9.78. The molecule has 0 radical (unpaired) electrons. The summed E-state index contributed by atoms with van der Waals surface area (Å²) in [4.78, 5) is 16.7. The molecule has 2 atom stereocenters. The van der Waals surface area contributed by atoms with Gasteiger partial charge in [0.2, 0.25) is 0 Å². The Balaban J connectivity index is 1.45.